The zero-order chi connectivity index (χ0) is 28.8. The first-order valence-corrected chi connectivity index (χ1v) is 15.1. The highest BCUT2D eigenvalue weighted by Crippen LogP contribution is 2.34. The molecule has 11 heteroatoms. The lowest BCUT2D eigenvalue weighted by atomic mass is 9.80. The van der Waals surface area contributed by atoms with Gasteiger partial charge in [-0.3, -0.25) is 19.2 Å². The molecule has 3 atom stereocenters. The Bertz CT molecular complexity index is 1100. The molecule has 4 amide bonds. The third-order valence-corrected chi connectivity index (χ3v) is 9.15. The van der Waals surface area contributed by atoms with E-state index in [1.165, 1.54) is 54.8 Å². The first-order chi connectivity index (χ1) is 19.9. The van der Waals surface area contributed by atoms with Crippen molar-refractivity contribution in [2.24, 2.45) is 11.8 Å². The molecular weight excluding hydrogens is 529 g/mol. The van der Waals surface area contributed by atoms with Gasteiger partial charge in [0.1, 0.15) is 5.82 Å². The Morgan fingerprint density at radius 3 is 2.56 bits per heavy atom. The molecule has 3 saturated heterocycles. The highest BCUT2D eigenvalue weighted by molar-refractivity contribution is 5.94. The van der Waals surface area contributed by atoms with Crippen molar-refractivity contribution in [3.05, 3.63) is 35.6 Å². The van der Waals surface area contributed by atoms with Crippen molar-refractivity contribution in [2.45, 2.75) is 57.1 Å². The van der Waals surface area contributed by atoms with Crippen molar-refractivity contribution in [2.75, 3.05) is 59.0 Å². The third kappa shape index (κ3) is 7.62. The summed E-state index contributed by atoms with van der Waals surface area (Å²) in [5, 5.41) is 5.72. The minimum Gasteiger partial charge on any atom is -0.365 e. The number of nitrogens with zero attached hydrogens (tertiary/aromatic N) is 3. The summed E-state index contributed by atoms with van der Waals surface area (Å²) in [5.74, 6) is -0.823. The smallest absolute Gasteiger partial charge is 0.254 e. The van der Waals surface area contributed by atoms with Crippen molar-refractivity contribution in [1.29, 1.82) is 0 Å². The standard InChI is InChI=1S/C30H42FN5O5/c31-24-7-5-21(6-8-24)29(39)33-12-14-36-20-27(37)32-11-9-23-18-34(25-3-1-2-4-25)13-10-22(23)17-28(38)35-15-16-41-26(19-35)30(36)40/h5-8,22-23,25-26H,1-4,9-20H2,(H,32,37)(H,33,39)/t22-,23-,26-/m0/s1. The Morgan fingerprint density at radius 2 is 1.78 bits per heavy atom. The van der Waals surface area contributed by atoms with Gasteiger partial charge in [-0.05, 0) is 68.3 Å². The van der Waals surface area contributed by atoms with Gasteiger partial charge < -0.3 is 30.1 Å². The molecule has 1 aliphatic carbocycles. The van der Waals surface area contributed by atoms with Gasteiger partial charge >= 0.3 is 0 Å². The molecule has 0 spiro atoms. The lowest BCUT2D eigenvalue weighted by Gasteiger charge is -2.42. The number of rotatable bonds is 5. The molecule has 3 heterocycles. The highest BCUT2D eigenvalue weighted by atomic mass is 19.1. The molecule has 10 nitrogen and oxygen atoms in total. The number of hydrogen-bond donors (Lipinski definition) is 2. The molecule has 1 saturated carbocycles. The van der Waals surface area contributed by atoms with E-state index in [1.807, 2.05) is 0 Å². The monoisotopic (exact) mass is 571 g/mol. The Balaban J connectivity index is 1.24. The number of ether oxygens (including phenoxy) is 1. The van der Waals surface area contributed by atoms with Crippen LogP contribution in [0.2, 0.25) is 0 Å². The second kappa shape index (κ2) is 13.7. The number of piperidine rings is 1. The average Bonchev–Trinajstić information content (AvgIpc) is 3.52. The van der Waals surface area contributed by atoms with Crippen LogP contribution in [-0.4, -0.2) is 109 Å². The summed E-state index contributed by atoms with van der Waals surface area (Å²) in [4.78, 5) is 58.1. The van der Waals surface area contributed by atoms with Gasteiger partial charge in [-0.2, -0.15) is 0 Å². The number of morpholine rings is 1. The van der Waals surface area contributed by atoms with Gasteiger partial charge in [0, 0.05) is 50.7 Å². The van der Waals surface area contributed by atoms with Crippen LogP contribution in [-0.2, 0) is 19.1 Å². The lowest BCUT2D eigenvalue weighted by Crippen LogP contribution is -2.55. The summed E-state index contributed by atoms with van der Waals surface area (Å²) < 4.78 is 19.0. The Labute approximate surface area is 240 Å². The van der Waals surface area contributed by atoms with E-state index in [4.69, 9.17) is 4.74 Å². The van der Waals surface area contributed by atoms with Crippen LogP contribution in [0.3, 0.4) is 0 Å². The highest BCUT2D eigenvalue weighted by Gasteiger charge is 2.38. The summed E-state index contributed by atoms with van der Waals surface area (Å²) in [7, 11) is 0. The van der Waals surface area contributed by atoms with Crippen LogP contribution in [0.5, 0.6) is 0 Å². The van der Waals surface area contributed by atoms with Crippen LogP contribution in [0.25, 0.3) is 0 Å². The summed E-state index contributed by atoms with van der Waals surface area (Å²) in [5.41, 5.74) is 0.300. The molecule has 5 rings (SSSR count). The molecule has 1 aromatic rings. The van der Waals surface area contributed by atoms with Crippen LogP contribution in [0.15, 0.2) is 24.3 Å². The predicted octanol–water partition coefficient (Wildman–Crippen LogP) is 1.40. The fourth-order valence-electron chi connectivity index (χ4n) is 6.79. The largest absolute Gasteiger partial charge is 0.365 e. The van der Waals surface area contributed by atoms with Gasteiger partial charge in [-0.15, -0.1) is 0 Å². The van der Waals surface area contributed by atoms with Crippen molar-refractivity contribution < 1.29 is 28.3 Å². The number of carbonyl (C=O) groups is 4. The van der Waals surface area contributed by atoms with Crippen molar-refractivity contribution >= 4 is 23.6 Å². The maximum atomic E-state index is 13.5. The van der Waals surface area contributed by atoms with E-state index < -0.39 is 17.8 Å². The fourth-order valence-corrected chi connectivity index (χ4v) is 6.79. The summed E-state index contributed by atoms with van der Waals surface area (Å²) >= 11 is 0. The first kappa shape index (κ1) is 29.4. The van der Waals surface area contributed by atoms with E-state index in [0.717, 1.165) is 25.9 Å². The molecule has 1 aromatic carbocycles. The summed E-state index contributed by atoms with van der Waals surface area (Å²) in [6.07, 6.45) is 6.42. The molecule has 224 valence electrons. The molecule has 0 aromatic heterocycles. The molecule has 41 heavy (non-hydrogen) atoms. The van der Waals surface area contributed by atoms with E-state index in [-0.39, 0.29) is 56.4 Å². The zero-order valence-corrected chi connectivity index (χ0v) is 23.7. The van der Waals surface area contributed by atoms with Gasteiger partial charge in [-0.1, -0.05) is 12.8 Å². The van der Waals surface area contributed by atoms with Gasteiger partial charge in [0.15, 0.2) is 6.10 Å². The Morgan fingerprint density at radius 1 is 1.00 bits per heavy atom. The van der Waals surface area contributed by atoms with E-state index in [9.17, 15) is 23.6 Å². The average molecular weight is 572 g/mol. The molecule has 4 aliphatic rings. The minimum atomic E-state index is -0.865. The van der Waals surface area contributed by atoms with E-state index in [1.54, 1.807) is 4.90 Å². The number of halogens is 1. The number of nitrogens with one attached hydrogen (secondary N) is 2. The van der Waals surface area contributed by atoms with E-state index >= 15 is 0 Å². The van der Waals surface area contributed by atoms with Crippen LogP contribution in [0.4, 0.5) is 4.39 Å². The van der Waals surface area contributed by atoms with Crippen molar-refractivity contribution in [3.8, 4) is 0 Å². The van der Waals surface area contributed by atoms with Crippen LogP contribution in [0.1, 0.15) is 55.3 Å². The molecular formula is C30H42FN5O5. The van der Waals surface area contributed by atoms with Crippen LogP contribution < -0.4 is 10.6 Å². The number of amides is 4. The molecule has 0 unspecified atom stereocenters. The molecule has 0 radical (unpaired) electrons. The van der Waals surface area contributed by atoms with E-state index in [2.05, 4.69) is 15.5 Å². The molecule has 2 bridgehead atoms. The number of carbonyl (C=O) groups excluding carboxylic acids is 4. The minimum absolute atomic E-state index is 0.0645. The summed E-state index contributed by atoms with van der Waals surface area (Å²) in [6.45, 7) is 3.35. The third-order valence-electron chi connectivity index (χ3n) is 9.15. The fraction of sp³-hybridized carbons (Fsp3) is 0.667. The van der Waals surface area contributed by atoms with Gasteiger partial charge in [0.05, 0.1) is 19.7 Å². The second-order valence-corrected chi connectivity index (χ2v) is 11.8. The molecule has 2 N–H and O–H groups in total. The number of likely N-dealkylation sites (tertiary alicyclic amines) is 1. The predicted molar refractivity (Wildman–Crippen MR) is 149 cm³/mol. The first-order valence-electron chi connectivity index (χ1n) is 15.1. The SMILES string of the molecule is O=C1CN(CCNC(=O)c2ccc(F)cc2)C(=O)[C@@H]2CN(CCO2)C(=O)C[C@@H]2CCN(C3CCCC3)C[C@@H]2CCN1. The number of benzene rings is 1. The normalized spacial score (nSPS) is 27.2. The van der Waals surface area contributed by atoms with Gasteiger partial charge in [0.25, 0.3) is 11.8 Å². The number of hydrogen-bond acceptors (Lipinski definition) is 6. The molecule has 4 fully saturated rings. The topological polar surface area (TPSA) is 111 Å². The van der Waals surface area contributed by atoms with Crippen LogP contribution in [0, 0.1) is 17.7 Å². The van der Waals surface area contributed by atoms with Crippen molar-refractivity contribution in [1.82, 2.24) is 25.3 Å². The molecule has 3 aliphatic heterocycles. The maximum absolute atomic E-state index is 13.5. The number of fused-ring (bicyclic) bond motifs is 3. The Kier molecular flexibility index (Phi) is 9.87. The lowest BCUT2D eigenvalue weighted by molar-refractivity contribution is -0.156. The quantitative estimate of drug-likeness (QED) is 0.553. The van der Waals surface area contributed by atoms with Gasteiger partial charge in [0.2, 0.25) is 11.8 Å². The second-order valence-electron chi connectivity index (χ2n) is 11.8. The Hall–Kier alpha value is -3.05. The van der Waals surface area contributed by atoms with Gasteiger partial charge in [-0.25, -0.2) is 4.39 Å². The maximum Gasteiger partial charge on any atom is 0.254 e. The zero-order valence-electron chi connectivity index (χ0n) is 23.7. The van der Waals surface area contributed by atoms with Crippen molar-refractivity contribution in [3.63, 3.8) is 0 Å². The van der Waals surface area contributed by atoms with Crippen LogP contribution >= 0.6 is 0 Å². The van der Waals surface area contributed by atoms with E-state index in [0.29, 0.717) is 37.0 Å². The summed E-state index contributed by atoms with van der Waals surface area (Å²) in [6, 6.07) is 5.82.